The second-order valence-corrected chi connectivity index (χ2v) is 9.92. The van der Waals surface area contributed by atoms with E-state index < -0.39 is 5.91 Å². The summed E-state index contributed by atoms with van der Waals surface area (Å²) < 4.78 is 0. The van der Waals surface area contributed by atoms with Gasteiger partial charge in [-0.05, 0) is 42.9 Å². The van der Waals surface area contributed by atoms with Crippen molar-refractivity contribution in [3.05, 3.63) is 29.3 Å². The fourth-order valence-corrected chi connectivity index (χ4v) is 3.97. The van der Waals surface area contributed by atoms with Gasteiger partial charge in [-0.1, -0.05) is 39.7 Å². The summed E-state index contributed by atoms with van der Waals surface area (Å²) in [6, 6.07) is 5.46. The molecule has 1 aliphatic rings. The molecule has 174 valence electrons. The molecule has 1 heterocycles. The van der Waals surface area contributed by atoms with E-state index in [1.807, 2.05) is 24.9 Å². The first-order chi connectivity index (χ1) is 15.0. The Labute approximate surface area is 190 Å². The number of nitrogens with one attached hydrogen (secondary N) is 2. The zero-order valence-electron chi connectivity index (χ0n) is 19.8. The number of benzene rings is 1. The molecule has 0 bridgehead atoms. The van der Waals surface area contributed by atoms with Crippen LogP contribution in [0.3, 0.4) is 0 Å². The molecule has 2 aromatic rings. The van der Waals surface area contributed by atoms with Crippen LogP contribution in [0.15, 0.2) is 18.2 Å². The van der Waals surface area contributed by atoms with Crippen LogP contribution in [0.4, 0.5) is 23.5 Å². The Morgan fingerprint density at radius 1 is 1.16 bits per heavy atom. The number of primary amides is 1. The first kappa shape index (κ1) is 23.7. The Bertz CT molecular complexity index is 955. The number of nitrogens with two attached hydrogens (primary N) is 2. The maximum atomic E-state index is 11.6. The zero-order valence-corrected chi connectivity index (χ0v) is 19.8. The van der Waals surface area contributed by atoms with E-state index in [4.69, 9.17) is 11.5 Å². The van der Waals surface area contributed by atoms with Gasteiger partial charge in [-0.15, -0.1) is 0 Å². The predicted molar refractivity (Wildman–Crippen MR) is 129 cm³/mol. The van der Waals surface area contributed by atoms with E-state index in [0.717, 1.165) is 43.5 Å². The van der Waals surface area contributed by atoms with Crippen molar-refractivity contribution in [2.45, 2.75) is 65.5 Å². The Morgan fingerprint density at radius 2 is 1.84 bits per heavy atom. The minimum absolute atomic E-state index is 0.0701. The van der Waals surface area contributed by atoms with Gasteiger partial charge < -0.3 is 27.0 Å². The van der Waals surface area contributed by atoms with E-state index >= 15 is 0 Å². The molecule has 0 unspecified atom stereocenters. The van der Waals surface area contributed by atoms with E-state index in [1.165, 1.54) is 0 Å². The normalized spacial score (nSPS) is 18.8. The molecule has 1 amide bonds. The molecule has 1 aromatic heterocycles. The fourth-order valence-electron chi connectivity index (χ4n) is 3.97. The van der Waals surface area contributed by atoms with Gasteiger partial charge in [0.25, 0.3) is 0 Å². The first-order valence-electron chi connectivity index (χ1n) is 11.2. The Morgan fingerprint density at radius 3 is 2.50 bits per heavy atom. The monoisotopic (exact) mass is 440 g/mol. The summed E-state index contributed by atoms with van der Waals surface area (Å²) in [6.07, 6.45) is 4.27. The van der Waals surface area contributed by atoms with E-state index in [2.05, 4.69) is 46.4 Å². The van der Waals surface area contributed by atoms with Crippen molar-refractivity contribution in [3.63, 3.8) is 0 Å². The smallest absolute Gasteiger partial charge is 0.248 e. The number of hydrogen-bond donors (Lipinski definition) is 4. The lowest BCUT2D eigenvalue weighted by Gasteiger charge is -2.30. The van der Waals surface area contributed by atoms with Gasteiger partial charge in [-0.3, -0.25) is 4.79 Å². The standard InChI is InChI=1S/C23H36N8O/c1-14-10-11-15(19(25)32)12-18(14)27-21-28-20(26-17-9-7-6-8-16(17)24)29-22(30-21)31(5)13-23(2,3)4/h10-12,16-17H,6-9,13,24H2,1-5H3,(H2,25,32)(H2,26,27,28,29,30)/t16-,17+/m0/s1. The molecule has 9 nitrogen and oxygen atoms in total. The van der Waals surface area contributed by atoms with Crippen LogP contribution in [-0.4, -0.2) is 46.5 Å². The summed E-state index contributed by atoms with van der Waals surface area (Å²) in [7, 11) is 1.97. The average Bonchev–Trinajstić information content (AvgIpc) is 2.70. The van der Waals surface area contributed by atoms with Gasteiger partial charge in [0.1, 0.15) is 0 Å². The predicted octanol–water partition coefficient (Wildman–Crippen LogP) is 3.19. The van der Waals surface area contributed by atoms with Gasteiger partial charge >= 0.3 is 0 Å². The average molecular weight is 441 g/mol. The molecule has 0 saturated heterocycles. The Hall–Kier alpha value is -2.94. The van der Waals surface area contributed by atoms with E-state index in [1.54, 1.807) is 12.1 Å². The summed E-state index contributed by atoms with van der Waals surface area (Å²) in [5.41, 5.74) is 13.9. The maximum absolute atomic E-state index is 11.6. The summed E-state index contributed by atoms with van der Waals surface area (Å²) in [6.45, 7) is 9.23. The molecule has 0 spiro atoms. The molecule has 1 saturated carbocycles. The second kappa shape index (κ2) is 9.68. The molecule has 2 atom stereocenters. The largest absolute Gasteiger partial charge is 0.366 e. The third kappa shape index (κ3) is 6.29. The lowest BCUT2D eigenvalue weighted by atomic mass is 9.91. The lowest BCUT2D eigenvalue weighted by Crippen LogP contribution is -2.43. The number of hydrogen-bond acceptors (Lipinski definition) is 8. The highest BCUT2D eigenvalue weighted by molar-refractivity contribution is 5.94. The lowest BCUT2D eigenvalue weighted by molar-refractivity contribution is 0.100. The van der Waals surface area contributed by atoms with Gasteiger partial charge in [-0.2, -0.15) is 15.0 Å². The molecule has 6 N–H and O–H groups in total. The van der Waals surface area contributed by atoms with Crippen LogP contribution in [0.5, 0.6) is 0 Å². The number of aromatic nitrogens is 3. The molecule has 1 aromatic carbocycles. The van der Waals surface area contributed by atoms with Crippen LogP contribution in [0.25, 0.3) is 0 Å². The first-order valence-corrected chi connectivity index (χ1v) is 11.2. The van der Waals surface area contributed by atoms with Crippen LogP contribution in [0.2, 0.25) is 0 Å². The molecular formula is C23H36N8O. The fraction of sp³-hybridized carbons (Fsp3) is 0.565. The highest BCUT2D eigenvalue weighted by atomic mass is 16.1. The molecular weight excluding hydrogens is 404 g/mol. The minimum atomic E-state index is -0.483. The number of amides is 1. The van der Waals surface area contributed by atoms with Crippen LogP contribution in [0, 0.1) is 12.3 Å². The maximum Gasteiger partial charge on any atom is 0.248 e. The van der Waals surface area contributed by atoms with Crippen molar-refractivity contribution in [1.29, 1.82) is 0 Å². The van der Waals surface area contributed by atoms with Crippen LogP contribution >= 0.6 is 0 Å². The third-order valence-corrected chi connectivity index (χ3v) is 5.58. The quantitative estimate of drug-likeness (QED) is 0.515. The van der Waals surface area contributed by atoms with Gasteiger partial charge in [0.2, 0.25) is 23.8 Å². The highest BCUT2D eigenvalue weighted by Gasteiger charge is 2.24. The van der Waals surface area contributed by atoms with Gasteiger partial charge in [0, 0.05) is 36.9 Å². The van der Waals surface area contributed by atoms with Crippen molar-refractivity contribution in [1.82, 2.24) is 15.0 Å². The summed E-state index contributed by atoms with van der Waals surface area (Å²) >= 11 is 0. The van der Waals surface area contributed by atoms with Gasteiger partial charge in [0.05, 0.1) is 0 Å². The van der Waals surface area contributed by atoms with Gasteiger partial charge in [0.15, 0.2) is 0 Å². The van der Waals surface area contributed by atoms with Crippen molar-refractivity contribution >= 4 is 29.4 Å². The Balaban J connectivity index is 1.94. The van der Waals surface area contributed by atoms with Crippen molar-refractivity contribution in [3.8, 4) is 0 Å². The molecule has 0 radical (unpaired) electrons. The molecule has 3 rings (SSSR count). The van der Waals surface area contributed by atoms with Crippen LogP contribution in [0.1, 0.15) is 62.4 Å². The summed E-state index contributed by atoms with van der Waals surface area (Å²) in [5.74, 6) is 0.965. The molecule has 1 fully saturated rings. The number of carbonyl (C=O) groups excluding carboxylic acids is 1. The molecule has 0 aliphatic heterocycles. The minimum Gasteiger partial charge on any atom is -0.366 e. The topological polar surface area (TPSA) is 135 Å². The molecule has 1 aliphatic carbocycles. The molecule has 32 heavy (non-hydrogen) atoms. The highest BCUT2D eigenvalue weighted by Crippen LogP contribution is 2.25. The third-order valence-electron chi connectivity index (χ3n) is 5.58. The van der Waals surface area contributed by atoms with Crippen LogP contribution in [-0.2, 0) is 0 Å². The van der Waals surface area contributed by atoms with Gasteiger partial charge in [-0.25, -0.2) is 0 Å². The van der Waals surface area contributed by atoms with Crippen molar-refractivity contribution in [2.24, 2.45) is 16.9 Å². The Kier molecular flexibility index (Phi) is 7.18. The zero-order chi connectivity index (χ0) is 23.5. The number of anilines is 4. The van der Waals surface area contributed by atoms with Crippen molar-refractivity contribution < 1.29 is 4.79 Å². The number of carbonyl (C=O) groups is 1. The second-order valence-electron chi connectivity index (χ2n) is 9.92. The van der Waals surface area contributed by atoms with Crippen LogP contribution < -0.4 is 27.0 Å². The molecule has 9 heteroatoms. The van der Waals surface area contributed by atoms with E-state index in [-0.39, 0.29) is 17.5 Å². The van der Waals surface area contributed by atoms with E-state index in [0.29, 0.717) is 23.4 Å². The number of aryl methyl sites for hydroxylation is 1. The summed E-state index contributed by atoms with van der Waals surface area (Å²) in [4.78, 5) is 27.6. The number of nitrogens with zero attached hydrogens (tertiary/aromatic N) is 4. The SMILES string of the molecule is Cc1ccc(C(N)=O)cc1Nc1nc(N[C@@H]2CCCC[C@@H]2N)nc(N(C)CC(C)(C)C)n1. The number of rotatable bonds is 7. The van der Waals surface area contributed by atoms with Crippen molar-refractivity contribution in [2.75, 3.05) is 29.1 Å². The summed E-state index contributed by atoms with van der Waals surface area (Å²) in [5, 5.41) is 6.68. The van der Waals surface area contributed by atoms with E-state index in [9.17, 15) is 4.79 Å².